The van der Waals surface area contributed by atoms with E-state index in [9.17, 15) is 0 Å². The summed E-state index contributed by atoms with van der Waals surface area (Å²) in [6.07, 6.45) is 5.11. The van der Waals surface area contributed by atoms with Crippen molar-refractivity contribution in [3.8, 4) is 5.95 Å². The van der Waals surface area contributed by atoms with Crippen LogP contribution in [-0.2, 0) is 0 Å². The average Bonchev–Trinajstić information content (AvgIpc) is 2.71. The molecule has 0 bridgehead atoms. The zero-order chi connectivity index (χ0) is 10.8. The van der Waals surface area contributed by atoms with Gasteiger partial charge in [0.25, 0.3) is 5.95 Å². The molecule has 2 N–H and O–H groups in total. The Morgan fingerprint density at radius 1 is 1.40 bits per heavy atom. The quantitative estimate of drug-likeness (QED) is 0.800. The van der Waals surface area contributed by atoms with Crippen LogP contribution >= 0.6 is 0 Å². The van der Waals surface area contributed by atoms with E-state index in [4.69, 9.17) is 5.73 Å². The highest BCUT2D eigenvalue weighted by atomic mass is 15.3. The number of rotatable bonds is 2. The zero-order valence-electron chi connectivity index (χ0n) is 8.75. The van der Waals surface area contributed by atoms with E-state index < -0.39 is 0 Å². The average molecular weight is 203 g/mol. The number of hydrogen-bond donors (Lipinski definition) is 1. The van der Waals surface area contributed by atoms with Gasteiger partial charge >= 0.3 is 0 Å². The molecule has 0 aliphatic heterocycles. The summed E-state index contributed by atoms with van der Waals surface area (Å²) in [5, 5.41) is 4.07. The van der Waals surface area contributed by atoms with Crippen molar-refractivity contribution in [2.75, 3.05) is 5.73 Å². The smallest absolute Gasteiger partial charge is 0.250 e. The Balaban J connectivity index is 2.48. The third-order valence-electron chi connectivity index (χ3n) is 2.09. The molecule has 15 heavy (non-hydrogen) atoms. The first kappa shape index (κ1) is 9.64. The summed E-state index contributed by atoms with van der Waals surface area (Å²) in [5.41, 5.74) is 7.27. The van der Waals surface area contributed by atoms with Crippen LogP contribution in [0.15, 0.2) is 24.7 Å². The van der Waals surface area contributed by atoms with Gasteiger partial charge in [-0.3, -0.25) is 0 Å². The molecule has 0 atom stereocenters. The summed E-state index contributed by atoms with van der Waals surface area (Å²) in [6.45, 7) is 4.09. The predicted molar refractivity (Wildman–Crippen MR) is 57.7 cm³/mol. The molecule has 0 radical (unpaired) electrons. The molecular weight excluding hydrogens is 190 g/mol. The molecule has 2 heterocycles. The maximum absolute atomic E-state index is 5.79. The van der Waals surface area contributed by atoms with Crippen molar-refractivity contribution < 1.29 is 0 Å². The van der Waals surface area contributed by atoms with E-state index in [-0.39, 0.29) is 5.92 Å². The molecule has 0 aliphatic carbocycles. The van der Waals surface area contributed by atoms with Gasteiger partial charge in [-0.1, -0.05) is 13.8 Å². The number of anilines is 1. The minimum atomic E-state index is 0.280. The van der Waals surface area contributed by atoms with Crippen LogP contribution in [0.5, 0.6) is 0 Å². The normalized spacial score (nSPS) is 10.9. The van der Waals surface area contributed by atoms with E-state index in [1.807, 2.05) is 19.9 Å². The van der Waals surface area contributed by atoms with Gasteiger partial charge in [0.1, 0.15) is 0 Å². The lowest BCUT2D eigenvalue weighted by Crippen LogP contribution is -2.07. The van der Waals surface area contributed by atoms with Gasteiger partial charge in [0.2, 0.25) is 0 Å². The fourth-order valence-electron chi connectivity index (χ4n) is 1.35. The summed E-state index contributed by atoms with van der Waals surface area (Å²) in [6, 6.07) is 1.83. The summed E-state index contributed by atoms with van der Waals surface area (Å²) in [4.78, 5) is 8.51. The van der Waals surface area contributed by atoms with Crippen LogP contribution in [0.4, 0.5) is 5.69 Å². The highest BCUT2D eigenvalue weighted by Crippen LogP contribution is 2.18. The molecule has 2 aromatic rings. The van der Waals surface area contributed by atoms with Crippen LogP contribution in [0, 0.1) is 0 Å². The SMILES string of the molecule is CC(C)c1nc(-n2cccn2)ncc1N. The Bertz CT molecular complexity index is 447. The Morgan fingerprint density at radius 2 is 2.20 bits per heavy atom. The Labute approximate surface area is 88.0 Å². The van der Waals surface area contributed by atoms with Gasteiger partial charge in [-0.15, -0.1) is 0 Å². The fourth-order valence-corrected chi connectivity index (χ4v) is 1.35. The zero-order valence-corrected chi connectivity index (χ0v) is 8.75. The van der Waals surface area contributed by atoms with Gasteiger partial charge in [-0.25, -0.2) is 14.6 Å². The second-order valence-corrected chi connectivity index (χ2v) is 3.62. The molecule has 5 nitrogen and oxygen atoms in total. The molecular formula is C10H13N5. The van der Waals surface area contributed by atoms with E-state index in [0.29, 0.717) is 11.6 Å². The molecule has 0 aliphatic rings. The highest BCUT2D eigenvalue weighted by Gasteiger charge is 2.09. The van der Waals surface area contributed by atoms with Crippen molar-refractivity contribution in [3.63, 3.8) is 0 Å². The summed E-state index contributed by atoms with van der Waals surface area (Å²) in [7, 11) is 0. The largest absolute Gasteiger partial charge is 0.396 e. The second kappa shape index (κ2) is 3.68. The van der Waals surface area contributed by atoms with Gasteiger partial charge in [-0.2, -0.15) is 5.10 Å². The van der Waals surface area contributed by atoms with Gasteiger partial charge < -0.3 is 5.73 Å². The van der Waals surface area contributed by atoms with E-state index in [1.165, 1.54) is 0 Å². The van der Waals surface area contributed by atoms with Gasteiger partial charge in [0.15, 0.2) is 0 Å². The fraction of sp³-hybridized carbons (Fsp3) is 0.300. The first-order valence-corrected chi connectivity index (χ1v) is 4.81. The van der Waals surface area contributed by atoms with Gasteiger partial charge in [0, 0.05) is 12.4 Å². The lowest BCUT2D eigenvalue weighted by Gasteiger charge is -2.09. The summed E-state index contributed by atoms with van der Waals surface area (Å²) >= 11 is 0. The first-order chi connectivity index (χ1) is 7.18. The third kappa shape index (κ3) is 1.81. The standard InChI is InChI=1S/C10H13N5/c1-7(2)9-8(11)6-12-10(14-9)15-5-3-4-13-15/h3-7H,11H2,1-2H3. The first-order valence-electron chi connectivity index (χ1n) is 4.81. The molecule has 0 spiro atoms. The van der Waals surface area contributed by atoms with Crippen LogP contribution in [0.25, 0.3) is 5.95 Å². The van der Waals surface area contributed by atoms with Crippen LogP contribution in [0.3, 0.4) is 0 Å². The molecule has 5 heteroatoms. The van der Waals surface area contributed by atoms with Crippen molar-refractivity contribution in [1.29, 1.82) is 0 Å². The summed E-state index contributed by atoms with van der Waals surface area (Å²) < 4.78 is 1.62. The maximum Gasteiger partial charge on any atom is 0.250 e. The number of nitrogens with two attached hydrogens (primary N) is 1. The van der Waals surface area contributed by atoms with Crippen molar-refractivity contribution in [3.05, 3.63) is 30.4 Å². The Kier molecular flexibility index (Phi) is 2.37. The van der Waals surface area contributed by atoms with E-state index in [2.05, 4.69) is 15.1 Å². The maximum atomic E-state index is 5.79. The van der Waals surface area contributed by atoms with Crippen LogP contribution in [0.2, 0.25) is 0 Å². The Morgan fingerprint density at radius 3 is 2.80 bits per heavy atom. The molecule has 0 saturated carbocycles. The molecule has 78 valence electrons. The van der Waals surface area contributed by atoms with E-state index in [1.54, 1.807) is 23.3 Å². The minimum Gasteiger partial charge on any atom is -0.396 e. The van der Waals surface area contributed by atoms with Gasteiger partial charge in [-0.05, 0) is 12.0 Å². The molecule has 2 aromatic heterocycles. The third-order valence-corrected chi connectivity index (χ3v) is 2.09. The second-order valence-electron chi connectivity index (χ2n) is 3.62. The van der Waals surface area contributed by atoms with Crippen LogP contribution in [-0.4, -0.2) is 19.7 Å². The van der Waals surface area contributed by atoms with Crippen molar-refractivity contribution in [2.45, 2.75) is 19.8 Å². The number of aromatic nitrogens is 4. The van der Waals surface area contributed by atoms with E-state index >= 15 is 0 Å². The van der Waals surface area contributed by atoms with Crippen molar-refractivity contribution in [1.82, 2.24) is 19.7 Å². The molecule has 0 saturated heterocycles. The minimum absolute atomic E-state index is 0.280. The monoisotopic (exact) mass is 203 g/mol. The van der Waals surface area contributed by atoms with Crippen molar-refractivity contribution >= 4 is 5.69 Å². The topological polar surface area (TPSA) is 69.6 Å². The predicted octanol–water partition coefficient (Wildman–Crippen LogP) is 1.37. The van der Waals surface area contributed by atoms with Gasteiger partial charge in [0.05, 0.1) is 17.6 Å². The lowest BCUT2D eigenvalue weighted by molar-refractivity contribution is 0.760. The molecule has 0 amide bonds. The molecule has 0 fully saturated rings. The van der Waals surface area contributed by atoms with E-state index in [0.717, 1.165) is 5.69 Å². The Hall–Kier alpha value is -1.91. The summed E-state index contributed by atoms with van der Waals surface area (Å²) in [5.74, 6) is 0.834. The number of hydrogen-bond acceptors (Lipinski definition) is 4. The number of nitrogen functional groups attached to an aromatic ring is 1. The molecule has 0 aromatic carbocycles. The van der Waals surface area contributed by atoms with Crippen molar-refractivity contribution in [2.24, 2.45) is 0 Å². The molecule has 0 unspecified atom stereocenters. The molecule has 2 rings (SSSR count). The van der Waals surface area contributed by atoms with Crippen LogP contribution in [0.1, 0.15) is 25.5 Å². The number of nitrogens with zero attached hydrogens (tertiary/aromatic N) is 4. The van der Waals surface area contributed by atoms with Crippen LogP contribution < -0.4 is 5.73 Å². The highest BCUT2D eigenvalue weighted by molar-refractivity contribution is 5.43. The lowest BCUT2D eigenvalue weighted by atomic mass is 10.1.